The average molecular weight is 408 g/mol. The Morgan fingerprint density at radius 1 is 0.733 bits per heavy atom. The highest BCUT2D eigenvalue weighted by Gasteiger charge is 2.37. The van der Waals surface area contributed by atoms with Gasteiger partial charge < -0.3 is 4.43 Å². The fourth-order valence-corrected chi connectivity index (χ4v) is 5.78. The van der Waals surface area contributed by atoms with E-state index in [1.807, 2.05) is 78.9 Å². The van der Waals surface area contributed by atoms with E-state index in [2.05, 4.69) is 25.2 Å². The molecule has 1 heterocycles. The van der Waals surface area contributed by atoms with Crippen LogP contribution in [0.3, 0.4) is 0 Å². The summed E-state index contributed by atoms with van der Waals surface area (Å²) in [6.45, 7) is 4.32. The van der Waals surface area contributed by atoms with Gasteiger partial charge in [-0.1, -0.05) is 78.9 Å². The van der Waals surface area contributed by atoms with Crippen LogP contribution in [0.2, 0.25) is 13.1 Å². The number of para-hydroxylation sites is 1. The number of benzene rings is 3. The molecule has 0 spiro atoms. The van der Waals surface area contributed by atoms with Gasteiger partial charge in [-0.25, -0.2) is 4.98 Å². The molecule has 0 saturated heterocycles. The van der Waals surface area contributed by atoms with E-state index in [1.165, 1.54) is 5.19 Å². The molecule has 0 atom stereocenters. The van der Waals surface area contributed by atoms with Crippen LogP contribution in [-0.4, -0.2) is 19.1 Å². The molecule has 0 fully saturated rings. The summed E-state index contributed by atoms with van der Waals surface area (Å²) in [6, 6.07) is 29.8. The number of ketones is 1. The number of allylic oxidation sites excluding steroid dienone is 1. The fraction of sp³-hybridized carbons (Fsp3) is 0.0769. The fourth-order valence-electron chi connectivity index (χ4n) is 3.95. The third kappa shape index (κ3) is 3.06. The highest BCUT2D eigenvalue weighted by atomic mass is 28.4. The number of rotatable bonds is 4. The maximum absolute atomic E-state index is 13.4. The number of carbonyl (C=O) groups is 1. The summed E-state index contributed by atoms with van der Waals surface area (Å²) in [4.78, 5) is 18.2. The Bertz CT molecular complexity index is 1310. The number of hydrogen-bond acceptors (Lipinski definition) is 3. The van der Waals surface area contributed by atoms with E-state index in [0.717, 1.165) is 16.5 Å². The Kier molecular flexibility index (Phi) is 4.37. The lowest BCUT2D eigenvalue weighted by molar-refractivity contribution is 0.105. The molecule has 3 aromatic carbocycles. The molecular formula is C26H21NO2Si. The van der Waals surface area contributed by atoms with Crippen molar-refractivity contribution < 1.29 is 9.22 Å². The van der Waals surface area contributed by atoms with Crippen molar-refractivity contribution in [1.29, 1.82) is 0 Å². The SMILES string of the molecule is C[Si](C)(OC1=C(c2ccc3ccccc3n2)C(=O)c2ccccc21)c1ccccc1. The van der Waals surface area contributed by atoms with Crippen LogP contribution >= 0.6 is 0 Å². The first-order valence-electron chi connectivity index (χ1n) is 10.0. The van der Waals surface area contributed by atoms with Crippen molar-refractivity contribution in [2.45, 2.75) is 13.1 Å². The molecule has 0 amide bonds. The third-order valence-corrected chi connectivity index (χ3v) is 7.99. The minimum absolute atomic E-state index is 0.0266. The monoisotopic (exact) mass is 407 g/mol. The lowest BCUT2D eigenvalue weighted by Gasteiger charge is -2.26. The summed E-state index contributed by atoms with van der Waals surface area (Å²) >= 11 is 0. The minimum Gasteiger partial charge on any atom is -0.539 e. The molecule has 0 bridgehead atoms. The molecule has 3 nitrogen and oxygen atoms in total. The van der Waals surface area contributed by atoms with Crippen molar-refractivity contribution in [1.82, 2.24) is 4.98 Å². The molecule has 30 heavy (non-hydrogen) atoms. The molecule has 1 aromatic heterocycles. The minimum atomic E-state index is -2.31. The molecule has 0 radical (unpaired) electrons. The number of carbonyl (C=O) groups excluding carboxylic acids is 1. The van der Waals surface area contributed by atoms with Crippen LogP contribution in [0.1, 0.15) is 21.6 Å². The summed E-state index contributed by atoms with van der Waals surface area (Å²) in [5.74, 6) is 0.625. The van der Waals surface area contributed by atoms with Crippen LogP contribution in [0, 0.1) is 0 Å². The smallest absolute Gasteiger partial charge is 0.276 e. The standard InChI is InChI=1S/C26H21NO2Si/c1-30(2,19-11-4-3-5-12-19)29-26-21-14-8-7-13-20(21)25(28)24(26)23-17-16-18-10-6-9-15-22(18)27-23/h3-17H,1-2H3. The zero-order chi connectivity index (χ0) is 20.7. The molecule has 1 aliphatic rings. The zero-order valence-corrected chi connectivity index (χ0v) is 17.9. The number of fused-ring (bicyclic) bond motifs is 2. The second-order valence-electron chi connectivity index (χ2n) is 7.95. The largest absolute Gasteiger partial charge is 0.539 e. The number of pyridine rings is 1. The van der Waals surface area contributed by atoms with E-state index in [0.29, 0.717) is 22.6 Å². The quantitative estimate of drug-likeness (QED) is 0.424. The van der Waals surface area contributed by atoms with Gasteiger partial charge in [-0.05, 0) is 30.4 Å². The predicted molar refractivity (Wildman–Crippen MR) is 124 cm³/mol. The van der Waals surface area contributed by atoms with Gasteiger partial charge in [0, 0.05) is 16.5 Å². The van der Waals surface area contributed by atoms with Gasteiger partial charge >= 0.3 is 0 Å². The van der Waals surface area contributed by atoms with Crippen molar-refractivity contribution in [3.63, 3.8) is 0 Å². The van der Waals surface area contributed by atoms with Gasteiger partial charge in [0.15, 0.2) is 5.78 Å². The Morgan fingerprint density at radius 3 is 2.20 bits per heavy atom. The van der Waals surface area contributed by atoms with Crippen molar-refractivity contribution in [2.24, 2.45) is 0 Å². The number of nitrogens with zero attached hydrogens (tertiary/aromatic N) is 1. The molecule has 4 heteroatoms. The molecule has 146 valence electrons. The first-order chi connectivity index (χ1) is 14.5. The van der Waals surface area contributed by atoms with E-state index < -0.39 is 8.32 Å². The van der Waals surface area contributed by atoms with Crippen LogP contribution in [-0.2, 0) is 4.43 Å². The molecule has 0 unspecified atom stereocenters. The van der Waals surface area contributed by atoms with Crippen LogP contribution in [0.5, 0.6) is 0 Å². The molecule has 5 rings (SSSR count). The summed E-state index contributed by atoms with van der Waals surface area (Å²) in [5.41, 5.74) is 3.60. The molecule has 0 saturated carbocycles. The summed E-state index contributed by atoms with van der Waals surface area (Å²) in [6.07, 6.45) is 0. The number of Topliss-reactive ketones (excluding diaryl/α,β-unsaturated/α-hetero) is 1. The normalized spacial score (nSPS) is 13.6. The second kappa shape index (κ2) is 7.08. The van der Waals surface area contributed by atoms with Gasteiger partial charge in [-0.3, -0.25) is 4.79 Å². The molecular weight excluding hydrogens is 386 g/mol. The van der Waals surface area contributed by atoms with Gasteiger partial charge in [-0.15, -0.1) is 0 Å². The average Bonchev–Trinajstić information content (AvgIpc) is 3.05. The van der Waals surface area contributed by atoms with E-state index in [4.69, 9.17) is 9.41 Å². The summed E-state index contributed by atoms with van der Waals surface area (Å²) in [7, 11) is -2.31. The van der Waals surface area contributed by atoms with Gasteiger partial charge in [-0.2, -0.15) is 0 Å². The summed E-state index contributed by atoms with van der Waals surface area (Å²) in [5, 5.41) is 2.23. The van der Waals surface area contributed by atoms with Crippen molar-refractivity contribution in [3.05, 3.63) is 108 Å². The lowest BCUT2D eigenvalue weighted by Crippen LogP contribution is -2.44. The number of hydrogen-bond donors (Lipinski definition) is 0. The van der Waals surface area contributed by atoms with E-state index in [9.17, 15) is 4.79 Å². The Hall–Kier alpha value is -3.50. The first-order valence-corrected chi connectivity index (χ1v) is 12.9. The predicted octanol–water partition coefficient (Wildman–Crippen LogP) is 5.43. The highest BCUT2D eigenvalue weighted by Crippen LogP contribution is 2.40. The highest BCUT2D eigenvalue weighted by molar-refractivity contribution is 6.85. The first kappa shape index (κ1) is 18.5. The van der Waals surface area contributed by atoms with Gasteiger partial charge in [0.25, 0.3) is 8.32 Å². The maximum atomic E-state index is 13.4. The van der Waals surface area contributed by atoms with Crippen molar-refractivity contribution in [2.75, 3.05) is 0 Å². The molecule has 1 aliphatic carbocycles. The topological polar surface area (TPSA) is 39.2 Å². The molecule has 0 aliphatic heterocycles. The third-order valence-electron chi connectivity index (χ3n) is 5.55. The zero-order valence-electron chi connectivity index (χ0n) is 16.9. The number of aromatic nitrogens is 1. The van der Waals surface area contributed by atoms with Crippen LogP contribution in [0.4, 0.5) is 0 Å². The second-order valence-corrected chi connectivity index (χ2v) is 11.7. The summed E-state index contributed by atoms with van der Waals surface area (Å²) < 4.78 is 6.72. The van der Waals surface area contributed by atoms with Crippen LogP contribution in [0.25, 0.3) is 22.2 Å². The van der Waals surface area contributed by atoms with Gasteiger partial charge in [0.05, 0.1) is 16.8 Å². The Labute approximate surface area is 176 Å². The van der Waals surface area contributed by atoms with Crippen molar-refractivity contribution in [3.8, 4) is 0 Å². The Morgan fingerprint density at radius 2 is 1.40 bits per heavy atom. The molecule has 4 aromatic rings. The van der Waals surface area contributed by atoms with Gasteiger partial charge in [0.2, 0.25) is 0 Å². The van der Waals surface area contributed by atoms with Crippen molar-refractivity contribution >= 4 is 41.5 Å². The van der Waals surface area contributed by atoms with Crippen LogP contribution < -0.4 is 5.19 Å². The van der Waals surface area contributed by atoms with E-state index >= 15 is 0 Å². The Balaban J connectivity index is 1.69. The molecule has 0 N–H and O–H groups in total. The maximum Gasteiger partial charge on any atom is 0.276 e. The van der Waals surface area contributed by atoms with Gasteiger partial charge in [0.1, 0.15) is 5.76 Å². The van der Waals surface area contributed by atoms with E-state index in [1.54, 1.807) is 0 Å². The van der Waals surface area contributed by atoms with E-state index in [-0.39, 0.29) is 5.78 Å². The lowest BCUT2D eigenvalue weighted by atomic mass is 10.1. The van der Waals surface area contributed by atoms with Crippen LogP contribution in [0.15, 0.2) is 91.0 Å².